The van der Waals surface area contributed by atoms with Crippen LogP contribution < -0.4 is 20.2 Å². The van der Waals surface area contributed by atoms with Crippen LogP contribution in [0.4, 0.5) is 5.69 Å². The molecule has 0 atom stereocenters. The normalized spacial score (nSPS) is 10.7. The number of aromatic nitrogens is 1. The summed E-state index contributed by atoms with van der Waals surface area (Å²) >= 11 is 0. The van der Waals surface area contributed by atoms with Crippen molar-refractivity contribution in [2.75, 3.05) is 19.5 Å². The summed E-state index contributed by atoms with van der Waals surface area (Å²) in [5, 5.41) is 3.55. The van der Waals surface area contributed by atoms with Gasteiger partial charge in [0.05, 0.1) is 30.8 Å². The highest BCUT2D eigenvalue weighted by molar-refractivity contribution is 6.04. The van der Waals surface area contributed by atoms with Gasteiger partial charge >= 0.3 is 0 Å². The van der Waals surface area contributed by atoms with Crippen molar-refractivity contribution in [1.82, 2.24) is 4.98 Å². The van der Waals surface area contributed by atoms with Gasteiger partial charge in [-0.3, -0.25) is 9.59 Å². The molecule has 6 nitrogen and oxygen atoms in total. The Kier molecular flexibility index (Phi) is 3.65. The number of anilines is 1. The average Bonchev–Trinajstić information content (AvgIpc) is 2.54. The van der Waals surface area contributed by atoms with Crippen LogP contribution >= 0.6 is 0 Å². The van der Waals surface area contributed by atoms with Crippen LogP contribution in [0.15, 0.2) is 35.1 Å². The molecule has 23 heavy (non-hydrogen) atoms. The lowest BCUT2D eigenvalue weighted by atomic mass is 10.1. The predicted molar refractivity (Wildman–Crippen MR) is 89.5 cm³/mol. The molecular formula is C17H16N2O4. The van der Waals surface area contributed by atoms with Gasteiger partial charge in [-0.2, -0.15) is 0 Å². The molecule has 0 saturated heterocycles. The fourth-order valence-electron chi connectivity index (χ4n) is 2.70. The van der Waals surface area contributed by atoms with Gasteiger partial charge in [0.1, 0.15) is 5.75 Å². The van der Waals surface area contributed by atoms with Crippen molar-refractivity contribution in [1.29, 1.82) is 0 Å². The summed E-state index contributed by atoms with van der Waals surface area (Å²) in [6.07, 6.45) is 0. The van der Waals surface area contributed by atoms with Crippen LogP contribution in [0.1, 0.15) is 6.92 Å². The summed E-state index contributed by atoms with van der Waals surface area (Å²) in [4.78, 5) is 27.5. The fraction of sp³-hybridized carbons (Fsp3) is 0.176. The molecule has 1 aromatic heterocycles. The van der Waals surface area contributed by atoms with Crippen LogP contribution in [0.5, 0.6) is 11.5 Å². The standard InChI is InChI=1S/C17H16N2O4/c1-9(20)18-12-8-13(22-2)15-14(17(12)23-3)16(21)10-6-4-5-7-11(10)19-15/h4-8H,1-3H3,(H,18,20)(H,19,21). The number of benzene rings is 2. The Hall–Kier alpha value is -3.02. The number of hydrogen-bond donors (Lipinski definition) is 2. The summed E-state index contributed by atoms with van der Waals surface area (Å²) in [5.74, 6) is 0.498. The van der Waals surface area contributed by atoms with E-state index in [1.165, 1.54) is 21.1 Å². The predicted octanol–water partition coefficient (Wildman–Crippen LogP) is 2.66. The van der Waals surface area contributed by atoms with Crippen molar-refractivity contribution >= 4 is 33.4 Å². The molecule has 0 aliphatic heterocycles. The second-order valence-corrected chi connectivity index (χ2v) is 5.09. The van der Waals surface area contributed by atoms with Crippen LogP contribution in [0.2, 0.25) is 0 Å². The molecule has 2 N–H and O–H groups in total. The van der Waals surface area contributed by atoms with Gasteiger partial charge in [-0.05, 0) is 12.1 Å². The number of para-hydroxylation sites is 1. The first-order chi connectivity index (χ1) is 11.1. The van der Waals surface area contributed by atoms with E-state index in [0.717, 1.165) is 0 Å². The minimum absolute atomic E-state index is 0.184. The summed E-state index contributed by atoms with van der Waals surface area (Å²) in [7, 11) is 2.97. The number of fused-ring (bicyclic) bond motifs is 2. The summed E-state index contributed by atoms with van der Waals surface area (Å²) in [5.41, 5.74) is 1.45. The van der Waals surface area contributed by atoms with E-state index >= 15 is 0 Å². The first-order valence-electron chi connectivity index (χ1n) is 7.04. The van der Waals surface area contributed by atoms with Crippen molar-refractivity contribution in [3.8, 4) is 11.5 Å². The largest absolute Gasteiger partial charge is 0.494 e. The van der Waals surface area contributed by atoms with Crippen molar-refractivity contribution < 1.29 is 14.3 Å². The Bertz CT molecular complexity index is 976. The molecule has 0 unspecified atom stereocenters. The number of carbonyl (C=O) groups is 1. The topological polar surface area (TPSA) is 80.4 Å². The Balaban J connectivity index is 2.52. The molecular weight excluding hydrogens is 296 g/mol. The zero-order valence-corrected chi connectivity index (χ0v) is 13.0. The second-order valence-electron chi connectivity index (χ2n) is 5.09. The van der Waals surface area contributed by atoms with Gasteiger partial charge in [0.2, 0.25) is 11.3 Å². The van der Waals surface area contributed by atoms with E-state index < -0.39 is 0 Å². The SMILES string of the molecule is COc1cc(NC(C)=O)c(OC)c2c(=O)c3ccccc3[nH]c12. The maximum absolute atomic E-state index is 12.9. The van der Waals surface area contributed by atoms with E-state index in [4.69, 9.17) is 9.47 Å². The third kappa shape index (κ3) is 2.38. The number of H-pyrrole nitrogens is 1. The van der Waals surface area contributed by atoms with E-state index in [1.807, 2.05) is 12.1 Å². The van der Waals surface area contributed by atoms with E-state index in [2.05, 4.69) is 10.3 Å². The lowest BCUT2D eigenvalue weighted by Crippen LogP contribution is -2.11. The fourth-order valence-corrected chi connectivity index (χ4v) is 2.70. The Morgan fingerprint density at radius 1 is 1.17 bits per heavy atom. The molecule has 1 heterocycles. The van der Waals surface area contributed by atoms with Gasteiger partial charge in [0, 0.05) is 23.9 Å². The first-order valence-corrected chi connectivity index (χ1v) is 7.04. The van der Waals surface area contributed by atoms with Gasteiger partial charge in [0.15, 0.2) is 5.75 Å². The van der Waals surface area contributed by atoms with Crippen molar-refractivity contribution in [3.63, 3.8) is 0 Å². The number of amides is 1. The van der Waals surface area contributed by atoms with E-state index in [0.29, 0.717) is 39.0 Å². The van der Waals surface area contributed by atoms with E-state index in [9.17, 15) is 9.59 Å². The lowest BCUT2D eigenvalue weighted by Gasteiger charge is -2.15. The van der Waals surface area contributed by atoms with Crippen LogP contribution in [-0.4, -0.2) is 25.1 Å². The first kappa shape index (κ1) is 14.9. The number of ether oxygens (including phenoxy) is 2. The molecule has 118 valence electrons. The Morgan fingerprint density at radius 2 is 1.91 bits per heavy atom. The van der Waals surface area contributed by atoms with Crippen molar-refractivity contribution in [2.45, 2.75) is 6.92 Å². The quantitative estimate of drug-likeness (QED) is 0.729. The van der Waals surface area contributed by atoms with Crippen LogP contribution in [0, 0.1) is 0 Å². The zero-order chi connectivity index (χ0) is 16.6. The molecule has 0 aliphatic carbocycles. The molecule has 3 aromatic rings. The smallest absolute Gasteiger partial charge is 0.221 e. The number of hydrogen-bond acceptors (Lipinski definition) is 4. The summed E-state index contributed by atoms with van der Waals surface area (Å²) in [6.45, 7) is 1.39. The Labute approximate surface area is 132 Å². The summed E-state index contributed by atoms with van der Waals surface area (Å²) in [6, 6.07) is 8.84. The third-order valence-corrected chi connectivity index (χ3v) is 3.64. The average molecular weight is 312 g/mol. The monoisotopic (exact) mass is 312 g/mol. The van der Waals surface area contributed by atoms with Crippen LogP contribution in [-0.2, 0) is 4.79 Å². The number of methoxy groups -OCH3 is 2. The molecule has 1 amide bonds. The van der Waals surface area contributed by atoms with Gasteiger partial charge in [-0.15, -0.1) is 0 Å². The molecule has 0 spiro atoms. The van der Waals surface area contributed by atoms with Crippen LogP contribution in [0.3, 0.4) is 0 Å². The highest BCUT2D eigenvalue weighted by atomic mass is 16.5. The lowest BCUT2D eigenvalue weighted by molar-refractivity contribution is -0.114. The minimum Gasteiger partial charge on any atom is -0.494 e. The van der Waals surface area contributed by atoms with Crippen molar-refractivity contribution in [3.05, 3.63) is 40.6 Å². The van der Waals surface area contributed by atoms with Gasteiger partial charge in [0.25, 0.3) is 0 Å². The number of carbonyl (C=O) groups excluding carboxylic acids is 1. The highest BCUT2D eigenvalue weighted by Crippen LogP contribution is 2.38. The highest BCUT2D eigenvalue weighted by Gasteiger charge is 2.19. The number of rotatable bonds is 3. The van der Waals surface area contributed by atoms with Gasteiger partial charge in [-0.25, -0.2) is 0 Å². The molecule has 0 radical (unpaired) electrons. The van der Waals surface area contributed by atoms with Crippen molar-refractivity contribution in [2.24, 2.45) is 0 Å². The number of pyridine rings is 1. The zero-order valence-electron chi connectivity index (χ0n) is 13.0. The molecule has 0 aliphatic rings. The molecule has 0 bridgehead atoms. The molecule has 3 rings (SSSR count). The number of aromatic amines is 1. The van der Waals surface area contributed by atoms with Gasteiger partial charge < -0.3 is 19.8 Å². The maximum atomic E-state index is 12.9. The maximum Gasteiger partial charge on any atom is 0.221 e. The molecule has 0 fully saturated rings. The Morgan fingerprint density at radius 3 is 2.57 bits per heavy atom. The minimum atomic E-state index is -0.262. The van der Waals surface area contributed by atoms with Crippen LogP contribution in [0.25, 0.3) is 21.8 Å². The summed E-state index contributed by atoms with van der Waals surface area (Å²) < 4.78 is 10.8. The molecule has 0 saturated carbocycles. The number of nitrogens with one attached hydrogen (secondary N) is 2. The third-order valence-electron chi connectivity index (χ3n) is 3.64. The van der Waals surface area contributed by atoms with E-state index in [1.54, 1.807) is 18.2 Å². The van der Waals surface area contributed by atoms with E-state index in [-0.39, 0.29) is 11.3 Å². The molecule has 2 aromatic carbocycles. The molecule has 6 heteroatoms. The second kappa shape index (κ2) is 5.64. The van der Waals surface area contributed by atoms with Gasteiger partial charge in [-0.1, -0.05) is 12.1 Å².